The van der Waals surface area contributed by atoms with Gasteiger partial charge in [0.15, 0.2) is 10.9 Å². The van der Waals surface area contributed by atoms with Crippen LogP contribution < -0.4 is 5.56 Å². The molecule has 0 aliphatic carbocycles. The van der Waals surface area contributed by atoms with Crippen molar-refractivity contribution in [1.29, 1.82) is 5.26 Å². The first-order valence-corrected chi connectivity index (χ1v) is 6.76. The van der Waals surface area contributed by atoms with E-state index < -0.39 is 21.9 Å². The number of phenols is 1. The van der Waals surface area contributed by atoms with Gasteiger partial charge in [-0.25, -0.2) is 4.98 Å². The number of H-pyrrole nitrogens is 1. The van der Waals surface area contributed by atoms with E-state index in [0.29, 0.717) is 0 Å². The number of nitro benzene ring substituents is 1. The van der Waals surface area contributed by atoms with E-state index >= 15 is 0 Å². The van der Waals surface area contributed by atoms with E-state index in [1.165, 1.54) is 17.8 Å². The number of benzene rings is 1. The molecule has 0 atom stereocenters. The summed E-state index contributed by atoms with van der Waals surface area (Å²) in [5.41, 5.74) is -1.15. The standard InChI is InChI=1S/C12H8N4O4S/c1-21-12-14-10(7(5-13)11(18)15-12)6-2-3-9(17)8(4-6)16(19)20/h2-4,17H,1H3,(H,14,15,18). The molecule has 9 heteroatoms. The van der Waals surface area contributed by atoms with Gasteiger partial charge in [-0.05, 0) is 18.4 Å². The minimum absolute atomic E-state index is 0.0358. The van der Waals surface area contributed by atoms with Crippen LogP contribution in [0.4, 0.5) is 5.69 Å². The number of rotatable bonds is 3. The number of hydrogen-bond donors (Lipinski definition) is 2. The Kier molecular flexibility index (Phi) is 3.91. The molecule has 0 saturated carbocycles. The number of aromatic nitrogens is 2. The van der Waals surface area contributed by atoms with Crippen LogP contribution in [0.25, 0.3) is 11.3 Å². The van der Waals surface area contributed by atoms with Crippen LogP contribution in [-0.4, -0.2) is 26.3 Å². The molecule has 8 nitrogen and oxygen atoms in total. The second kappa shape index (κ2) is 5.64. The first-order chi connectivity index (χ1) is 9.97. The number of nitriles is 1. The molecule has 2 aromatic rings. The van der Waals surface area contributed by atoms with E-state index in [1.807, 2.05) is 0 Å². The molecule has 0 saturated heterocycles. The van der Waals surface area contributed by atoms with Crippen LogP contribution in [0.5, 0.6) is 5.75 Å². The second-order valence-corrected chi connectivity index (χ2v) is 4.67. The number of nitrogens with one attached hydrogen (secondary N) is 1. The molecule has 1 aromatic carbocycles. The smallest absolute Gasteiger partial charge is 0.311 e. The summed E-state index contributed by atoms with van der Waals surface area (Å²) in [4.78, 5) is 28.4. The van der Waals surface area contributed by atoms with Crippen molar-refractivity contribution in [3.05, 3.63) is 44.2 Å². The number of nitrogens with zero attached hydrogens (tertiary/aromatic N) is 3. The molecule has 106 valence electrons. The van der Waals surface area contributed by atoms with Crippen molar-refractivity contribution in [2.45, 2.75) is 5.16 Å². The Bertz CT molecular complexity index is 825. The Balaban J connectivity index is 2.75. The van der Waals surface area contributed by atoms with Crippen molar-refractivity contribution in [1.82, 2.24) is 9.97 Å². The number of nitro groups is 1. The fourth-order valence-corrected chi connectivity index (χ4v) is 2.06. The Morgan fingerprint density at radius 3 is 2.81 bits per heavy atom. The maximum absolute atomic E-state index is 11.8. The van der Waals surface area contributed by atoms with E-state index in [2.05, 4.69) is 9.97 Å². The summed E-state index contributed by atoms with van der Waals surface area (Å²) in [5.74, 6) is -0.503. The molecule has 0 aliphatic heterocycles. The fraction of sp³-hybridized carbons (Fsp3) is 0.0833. The normalized spacial score (nSPS) is 10.1. The van der Waals surface area contributed by atoms with Gasteiger partial charge in [-0.2, -0.15) is 5.26 Å². The van der Waals surface area contributed by atoms with Crippen molar-refractivity contribution in [3.63, 3.8) is 0 Å². The Morgan fingerprint density at radius 1 is 1.52 bits per heavy atom. The van der Waals surface area contributed by atoms with Crippen LogP contribution >= 0.6 is 11.8 Å². The van der Waals surface area contributed by atoms with E-state index in [-0.39, 0.29) is 22.0 Å². The highest BCUT2D eigenvalue weighted by Crippen LogP contribution is 2.31. The van der Waals surface area contributed by atoms with Gasteiger partial charge in [-0.15, -0.1) is 0 Å². The van der Waals surface area contributed by atoms with Gasteiger partial charge in [-0.3, -0.25) is 14.9 Å². The number of aromatic amines is 1. The van der Waals surface area contributed by atoms with E-state index in [4.69, 9.17) is 5.26 Å². The maximum atomic E-state index is 11.8. The third-order valence-corrected chi connectivity index (χ3v) is 3.23. The van der Waals surface area contributed by atoms with Crippen LogP contribution in [0.2, 0.25) is 0 Å². The van der Waals surface area contributed by atoms with Gasteiger partial charge >= 0.3 is 5.69 Å². The summed E-state index contributed by atoms with van der Waals surface area (Å²) in [6.45, 7) is 0. The summed E-state index contributed by atoms with van der Waals surface area (Å²) < 4.78 is 0. The quantitative estimate of drug-likeness (QED) is 0.381. The minimum Gasteiger partial charge on any atom is -0.502 e. The molecule has 0 amide bonds. The van der Waals surface area contributed by atoms with Crippen molar-refractivity contribution >= 4 is 17.4 Å². The van der Waals surface area contributed by atoms with Crippen LogP contribution in [0.15, 0.2) is 28.2 Å². The van der Waals surface area contributed by atoms with E-state index in [1.54, 1.807) is 12.3 Å². The molecule has 0 radical (unpaired) electrons. The van der Waals surface area contributed by atoms with Crippen LogP contribution in [-0.2, 0) is 0 Å². The summed E-state index contributed by atoms with van der Waals surface area (Å²) in [6.07, 6.45) is 1.69. The van der Waals surface area contributed by atoms with Crippen molar-refractivity contribution < 1.29 is 10.0 Å². The summed E-state index contributed by atoms with van der Waals surface area (Å²) >= 11 is 1.17. The predicted octanol–water partition coefficient (Wildman–Crippen LogP) is 1.64. The minimum atomic E-state index is -0.756. The van der Waals surface area contributed by atoms with E-state index in [9.17, 15) is 20.0 Å². The van der Waals surface area contributed by atoms with E-state index in [0.717, 1.165) is 12.1 Å². The molecule has 2 N–H and O–H groups in total. The van der Waals surface area contributed by atoms with Crippen LogP contribution in [0.1, 0.15) is 5.56 Å². The summed E-state index contributed by atoms with van der Waals surface area (Å²) in [7, 11) is 0. The Morgan fingerprint density at radius 2 is 2.24 bits per heavy atom. The lowest BCUT2D eigenvalue weighted by Crippen LogP contribution is -2.14. The zero-order chi connectivity index (χ0) is 15.6. The van der Waals surface area contributed by atoms with Crippen molar-refractivity contribution in [2.75, 3.05) is 6.26 Å². The second-order valence-electron chi connectivity index (χ2n) is 3.87. The molecule has 0 bridgehead atoms. The zero-order valence-corrected chi connectivity index (χ0v) is 11.5. The first-order valence-electron chi connectivity index (χ1n) is 5.54. The Hall–Kier alpha value is -2.86. The van der Waals surface area contributed by atoms with Gasteiger partial charge in [0.2, 0.25) is 0 Å². The van der Waals surface area contributed by atoms with Crippen molar-refractivity contribution in [3.8, 4) is 23.1 Å². The van der Waals surface area contributed by atoms with Gasteiger partial charge in [0.25, 0.3) is 5.56 Å². The largest absolute Gasteiger partial charge is 0.502 e. The van der Waals surface area contributed by atoms with Gasteiger partial charge in [0.1, 0.15) is 11.6 Å². The molecule has 0 spiro atoms. The maximum Gasteiger partial charge on any atom is 0.311 e. The molecule has 21 heavy (non-hydrogen) atoms. The number of hydrogen-bond acceptors (Lipinski definition) is 7. The van der Waals surface area contributed by atoms with Crippen molar-refractivity contribution in [2.24, 2.45) is 0 Å². The molecular formula is C12H8N4O4S. The van der Waals surface area contributed by atoms with Gasteiger partial charge in [-0.1, -0.05) is 11.8 Å². The molecule has 1 aromatic heterocycles. The highest BCUT2D eigenvalue weighted by molar-refractivity contribution is 7.98. The summed E-state index contributed by atoms with van der Waals surface area (Å²) in [6, 6.07) is 5.28. The van der Waals surface area contributed by atoms with Gasteiger partial charge < -0.3 is 10.1 Å². The lowest BCUT2D eigenvalue weighted by Gasteiger charge is -2.05. The molecular weight excluding hydrogens is 296 g/mol. The molecule has 0 aliphatic rings. The van der Waals surface area contributed by atoms with Crippen LogP contribution in [0.3, 0.4) is 0 Å². The Labute approximate surface area is 122 Å². The number of thioether (sulfide) groups is 1. The topological polar surface area (TPSA) is 133 Å². The SMILES string of the molecule is CSc1nc(-c2ccc(O)c([N+](=O)[O-])c2)c(C#N)c(=O)[nH]1. The lowest BCUT2D eigenvalue weighted by atomic mass is 10.1. The average molecular weight is 304 g/mol. The molecule has 2 rings (SSSR count). The monoisotopic (exact) mass is 304 g/mol. The number of aromatic hydroxyl groups is 1. The average Bonchev–Trinajstić information content (AvgIpc) is 2.46. The van der Waals surface area contributed by atoms with Crippen LogP contribution in [0, 0.1) is 21.4 Å². The lowest BCUT2D eigenvalue weighted by molar-refractivity contribution is -0.385. The molecule has 1 heterocycles. The third kappa shape index (κ3) is 2.70. The summed E-state index contributed by atoms with van der Waals surface area (Å²) in [5, 5.41) is 29.6. The molecule has 0 fully saturated rings. The van der Waals surface area contributed by atoms with Gasteiger partial charge in [0, 0.05) is 11.6 Å². The fourth-order valence-electron chi connectivity index (χ4n) is 1.68. The van der Waals surface area contributed by atoms with Gasteiger partial charge in [0.05, 0.1) is 10.6 Å². The predicted molar refractivity (Wildman–Crippen MR) is 75.1 cm³/mol. The number of phenolic OH excluding ortho intramolecular Hbond substituents is 1. The highest BCUT2D eigenvalue weighted by atomic mass is 32.2. The highest BCUT2D eigenvalue weighted by Gasteiger charge is 2.18. The third-order valence-electron chi connectivity index (χ3n) is 2.65. The first kappa shape index (κ1) is 14.5. The zero-order valence-electron chi connectivity index (χ0n) is 10.7. The molecule has 0 unspecified atom stereocenters.